The van der Waals surface area contributed by atoms with Crippen LogP contribution in [0.15, 0.2) is 47.4 Å². The molecule has 0 aliphatic carbocycles. The van der Waals surface area contributed by atoms with E-state index in [1.54, 1.807) is 30.3 Å². The Morgan fingerprint density at radius 1 is 1.16 bits per heavy atom. The van der Waals surface area contributed by atoms with Gasteiger partial charge in [0, 0.05) is 27.2 Å². The van der Waals surface area contributed by atoms with E-state index in [1.165, 1.54) is 26.2 Å². The number of esters is 1. The van der Waals surface area contributed by atoms with Crippen molar-refractivity contribution < 1.29 is 22.7 Å². The third kappa shape index (κ3) is 4.89. The highest BCUT2D eigenvalue weighted by Crippen LogP contribution is 2.22. The molecule has 32 heavy (non-hydrogen) atoms. The summed E-state index contributed by atoms with van der Waals surface area (Å²) in [6.45, 7) is 2.69. The highest BCUT2D eigenvalue weighted by molar-refractivity contribution is 7.89. The number of imidazole rings is 1. The lowest BCUT2D eigenvalue weighted by Gasteiger charge is -2.11. The zero-order chi connectivity index (χ0) is 23.5. The van der Waals surface area contributed by atoms with Crippen molar-refractivity contribution in [1.82, 2.24) is 19.2 Å². The lowest BCUT2D eigenvalue weighted by atomic mass is 10.1. The molecule has 11 heteroatoms. The van der Waals surface area contributed by atoms with Crippen molar-refractivity contribution in [1.29, 1.82) is 0 Å². The lowest BCUT2D eigenvalue weighted by molar-refractivity contribution is 0.0458. The Morgan fingerprint density at radius 2 is 1.84 bits per heavy atom. The van der Waals surface area contributed by atoms with Gasteiger partial charge < -0.3 is 20.4 Å². The number of ether oxygens (including phenoxy) is 1. The van der Waals surface area contributed by atoms with Gasteiger partial charge in [0.15, 0.2) is 0 Å². The van der Waals surface area contributed by atoms with Gasteiger partial charge >= 0.3 is 12.0 Å². The molecule has 170 valence electrons. The number of fused-ring (bicyclic) bond motifs is 1. The second kappa shape index (κ2) is 9.37. The van der Waals surface area contributed by atoms with Crippen LogP contribution in [0.25, 0.3) is 11.0 Å². The molecular weight excluding hydrogens is 434 g/mol. The first-order valence-electron chi connectivity index (χ1n) is 9.84. The molecule has 3 aromatic rings. The quantitative estimate of drug-likeness (QED) is 0.493. The predicted octanol–water partition coefficient (Wildman–Crippen LogP) is 1.83. The number of rotatable bonds is 8. The van der Waals surface area contributed by atoms with E-state index >= 15 is 0 Å². The molecule has 3 rings (SSSR count). The van der Waals surface area contributed by atoms with Gasteiger partial charge in [-0.05, 0) is 42.8 Å². The highest BCUT2D eigenvalue weighted by Gasteiger charge is 2.20. The Kier molecular flexibility index (Phi) is 6.80. The number of nitrogens with zero attached hydrogens (tertiary/aromatic N) is 3. The van der Waals surface area contributed by atoms with E-state index in [1.807, 2.05) is 11.5 Å². The zero-order valence-corrected chi connectivity index (χ0v) is 18.8. The summed E-state index contributed by atoms with van der Waals surface area (Å²) in [6, 6.07) is 10.7. The van der Waals surface area contributed by atoms with Crippen LogP contribution < -0.4 is 11.1 Å². The number of carbonyl (C=O) groups is 2. The van der Waals surface area contributed by atoms with Gasteiger partial charge in [0.1, 0.15) is 12.4 Å². The first kappa shape index (κ1) is 23.2. The van der Waals surface area contributed by atoms with Crippen LogP contribution in [0.4, 0.5) is 4.79 Å². The van der Waals surface area contributed by atoms with E-state index in [2.05, 4.69) is 10.3 Å². The number of urea groups is 1. The molecule has 10 nitrogen and oxygen atoms in total. The van der Waals surface area contributed by atoms with E-state index in [4.69, 9.17) is 10.5 Å². The number of primary amides is 1. The molecule has 0 bridgehead atoms. The van der Waals surface area contributed by atoms with Crippen LogP contribution in [0.3, 0.4) is 0 Å². The molecule has 1 heterocycles. The summed E-state index contributed by atoms with van der Waals surface area (Å²) >= 11 is 0. The monoisotopic (exact) mass is 459 g/mol. The highest BCUT2D eigenvalue weighted by atomic mass is 32.2. The Bertz CT molecular complexity index is 1250. The fraction of sp³-hybridized carbons (Fsp3) is 0.286. The number of hydrogen-bond donors (Lipinski definition) is 2. The number of amides is 2. The van der Waals surface area contributed by atoms with E-state index in [9.17, 15) is 18.0 Å². The van der Waals surface area contributed by atoms with Crippen molar-refractivity contribution in [3.8, 4) is 0 Å². The van der Waals surface area contributed by atoms with Gasteiger partial charge in [0.05, 0.1) is 21.5 Å². The molecule has 2 amide bonds. The number of benzene rings is 2. The largest absolute Gasteiger partial charge is 0.454 e. The summed E-state index contributed by atoms with van der Waals surface area (Å²) in [7, 11) is -0.648. The molecular formula is C21H25N5O5S. The maximum absolute atomic E-state index is 12.4. The second-order valence-corrected chi connectivity index (χ2v) is 9.35. The van der Waals surface area contributed by atoms with E-state index in [0.717, 1.165) is 15.4 Å². The third-order valence-electron chi connectivity index (χ3n) is 4.88. The van der Waals surface area contributed by atoms with Crippen LogP contribution in [0, 0.1) is 0 Å². The molecule has 0 aliphatic heterocycles. The number of nitrogens with two attached hydrogens (primary N) is 1. The summed E-state index contributed by atoms with van der Waals surface area (Å²) < 4.78 is 33.2. The Balaban J connectivity index is 1.76. The number of hydrogen-bond acceptors (Lipinski definition) is 6. The predicted molar refractivity (Wildman–Crippen MR) is 118 cm³/mol. The fourth-order valence-electron chi connectivity index (χ4n) is 3.16. The van der Waals surface area contributed by atoms with E-state index in [0.29, 0.717) is 23.4 Å². The summed E-state index contributed by atoms with van der Waals surface area (Å²) in [5.41, 5.74) is 7.44. The number of sulfonamides is 1. The average Bonchev–Trinajstić information content (AvgIpc) is 3.12. The van der Waals surface area contributed by atoms with Crippen molar-refractivity contribution in [3.63, 3.8) is 0 Å². The normalized spacial score (nSPS) is 11.6. The molecule has 2 aromatic carbocycles. The van der Waals surface area contributed by atoms with Crippen molar-refractivity contribution in [2.45, 2.75) is 31.5 Å². The number of aromatic nitrogens is 2. The van der Waals surface area contributed by atoms with Gasteiger partial charge in [-0.25, -0.2) is 27.3 Å². The fourth-order valence-corrected chi connectivity index (χ4v) is 4.08. The second-order valence-electron chi connectivity index (χ2n) is 7.20. The first-order valence-corrected chi connectivity index (χ1v) is 11.3. The van der Waals surface area contributed by atoms with Crippen molar-refractivity contribution >= 4 is 33.1 Å². The Labute approximate surface area is 186 Å². The number of nitrogens with one attached hydrogen (secondary N) is 1. The summed E-state index contributed by atoms with van der Waals surface area (Å²) in [6.07, 6.45) is 0. The number of aryl methyl sites for hydroxylation is 1. The molecule has 3 N–H and O–H groups in total. The number of carbonyl (C=O) groups excluding carboxylic acids is 2. The van der Waals surface area contributed by atoms with Gasteiger partial charge in [0.25, 0.3) is 0 Å². The minimum Gasteiger partial charge on any atom is -0.454 e. The summed E-state index contributed by atoms with van der Waals surface area (Å²) in [5.74, 6) is -0.0116. The van der Waals surface area contributed by atoms with Gasteiger partial charge in [-0.1, -0.05) is 12.1 Å². The minimum atomic E-state index is -3.58. The average molecular weight is 460 g/mol. The van der Waals surface area contributed by atoms with Gasteiger partial charge in [0.2, 0.25) is 10.0 Å². The lowest BCUT2D eigenvalue weighted by Crippen LogP contribution is -2.28. The zero-order valence-electron chi connectivity index (χ0n) is 18.0. The van der Waals surface area contributed by atoms with Crippen LogP contribution in [0.2, 0.25) is 0 Å². The molecule has 0 unspecified atom stereocenters. The molecule has 1 aromatic heterocycles. The molecule has 0 atom stereocenters. The first-order chi connectivity index (χ1) is 15.1. The third-order valence-corrected chi connectivity index (χ3v) is 6.69. The maximum atomic E-state index is 12.4. The Morgan fingerprint density at radius 3 is 2.44 bits per heavy atom. The summed E-state index contributed by atoms with van der Waals surface area (Å²) in [4.78, 5) is 27.8. The smallest absolute Gasteiger partial charge is 0.338 e. The molecule has 0 spiro atoms. The van der Waals surface area contributed by atoms with E-state index < -0.39 is 22.0 Å². The topological polar surface area (TPSA) is 137 Å². The van der Waals surface area contributed by atoms with Gasteiger partial charge in [-0.3, -0.25) is 0 Å². The molecule has 0 aliphatic rings. The van der Waals surface area contributed by atoms with Crippen molar-refractivity contribution in [2.24, 2.45) is 5.73 Å². The van der Waals surface area contributed by atoms with Crippen LogP contribution in [0.5, 0.6) is 0 Å². The standard InChI is InChI=1S/C21H25N5O5S/c1-4-26-18-10-9-16(32(29,30)25(2)3)11-17(18)24-19(26)13-31-20(27)15-7-5-14(6-8-15)12-23-21(22)28/h5-11H,4,12-13H2,1-3H3,(H3,22,23,28). The van der Waals surface area contributed by atoms with Crippen LogP contribution in [-0.4, -0.2) is 48.4 Å². The van der Waals surface area contributed by atoms with Crippen LogP contribution >= 0.6 is 0 Å². The van der Waals surface area contributed by atoms with Crippen molar-refractivity contribution in [2.75, 3.05) is 14.1 Å². The van der Waals surface area contributed by atoms with E-state index in [-0.39, 0.29) is 18.0 Å². The minimum absolute atomic E-state index is 0.0674. The summed E-state index contributed by atoms with van der Waals surface area (Å²) in [5, 5.41) is 2.47. The molecule has 0 radical (unpaired) electrons. The van der Waals surface area contributed by atoms with Gasteiger partial charge in [-0.2, -0.15) is 0 Å². The molecule has 0 fully saturated rings. The maximum Gasteiger partial charge on any atom is 0.338 e. The molecule has 0 saturated heterocycles. The van der Waals surface area contributed by atoms with Crippen LogP contribution in [-0.2, 0) is 34.5 Å². The van der Waals surface area contributed by atoms with Crippen LogP contribution in [0.1, 0.15) is 28.7 Å². The van der Waals surface area contributed by atoms with Crippen molar-refractivity contribution in [3.05, 3.63) is 59.4 Å². The molecule has 0 saturated carbocycles. The Hall–Kier alpha value is -3.44. The SMILES string of the molecule is CCn1c(COC(=O)c2ccc(CNC(N)=O)cc2)nc2cc(S(=O)(=O)N(C)C)ccc21. The van der Waals surface area contributed by atoms with Gasteiger partial charge in [-0.15, -0.1) is 0 Å².